The maximum absolute atomic E-state index is 13.6. The fourth-order valence-electron chi connectivity index (χ4n) is 4.29. The number of methoxy groups -OCH3 is 1. The Bertz CT molecular complexity index is 1550. The summed E-state index contributed by atoms with van der Waals surface area (Å²) in [7, 11) is 1.29. The first-order valence-corrected chi connectivity index (χ1v) is 12.9. The number of nitrogens with two attached hydrogens (primary N) is 1. The molecule has 0 spiro atoms. The third-order valence-electron chi connectivity index (χ3n) is 6.13. The quantitative estimate of drug-likeness (QED) is 0.207. The average Bonchev–Trinajstić information content (AvgIpc) is 2.88. The molecule has 2 aromatic heterocycles. The number of hydrogen-bond acceptors (Lipinski definition) is 6. The molecule has 0 aliphatic carbocycles. The Hall–Kier alpha value is -3.77. The van der Waals surface area contributed by atoms with Gasteiger partial charge in [0, 0.05) is 25.3 Å². The highest BCUT2D eigenvalue weighted by atomic mass is 32.2. The predicted octanol–water partition coefficient (Wildman–Crippen LogP) is 2.50. The molecule has 9 nitrogen and oxygen atoms in total. The van der Waals surface area contributed by atoms with Gasteiger partial charge < -0.3 is 24.7 Å². The van der Waals surface area contributed by atoms with E-state index in [1.165, 1.54) is 23.8 Å². The van der Waals surface area contributed by atoms with Crippen molar-refractivity contribution < 1.29 is 27.8 Å². The van der Waals surface area contributed by atoms with Crippen molar-refractivity contribution in [3.05, 3.63) is 110 Å². The molecular formula is C27H26FN3O6S. The Labute approximate surface area is 220 Å². The number of ether oxygens (including phenoxy) is 1. The molecule has 38 heavy (non-hydrogen) atoms. The summed E-state index contributed by atoms with van der Waals surface area (Å²) < 4.78 is 39.9. The first-order valence-electron chi connectivity index (χ1n) is 11.6. The van der Waals surface area contributed by atoms with Crippen molar-refractivity contribution in [3.63, 3.8) is 0 Å². The Kier molecular flexibility index (Phi) is 8.42. The molecule has 0 saturated heterocycles. The number of fused-ring (bicyclic) bond motifs is 1. The van der Waals surface area contributed by atoms with Crippen LogP contribution in [0.2, 0.25) is 0 Å². The Morgan fingerprint density at radius 3 is 2.34 bits per heavy atom. The first-order chi connectivity index (χ1) is 18.2. The van der Waals surface area contributed by atoms with Crippen LogP contribution in [0.3, 0.4) is 0 Å². The first kappa shape index (κ1) is 27.3. The number of aliphatic hydroxyl groups excluding tert-OH is 1. The molecule has 11 heteroatoms. The number of primary amides is 1. The van der Waals surface area contributed by atoms with Crippen LogP contribution in [-0.2, 0) is 41.0 Å². The summed E-state index contributed by atoms with van der Waals surface area (Å²) in [6, 6.07) is 14.6. The summed E-state index contributed by atoms with van der Waals surface area (Å²) in [5.41, 5.74) is 8.50. The van der Waals surface area contributed by atoms with Gasteiger partial charge in [0.1, 0.15) is 11.4 Å². The molecule has 0 fully saturated rings. The van der Waals surface area contributed by atoms with E-state index in [1.54, 1.807) is 48.7 Å². The second-order valence-corrected chi connectivity index (χ2v) is 9.73. The van der Waals surface area contributed by atoms with Crippen LogP contribution in [-0.4, -0.2) is 42.7 Å². The van der Waals surface area contributed by atoms with Crippen LogP contribution >= 0.6 is 0 Å². The summed E-state index contributed by atoms with van der Waals surface area (Å²) in [6.45, 7) is 0.0624. The second kappa shape index (κ2) is 11.7. The number of hydrogen-bond donors (Lipinski definition) is 3. The maximum atomic E-state index is 13.6. The zero-order valence-electron chi connectivity index (χ0n) is 20.5. The van der Waals surface area contributed by atoms with Gasteiger partial charge in [-0.15, -0.1) is 0 Å². The largest absolute Gasteiger partial charge is 0.368 e. The van der Waals surface area contributed by atoms with Gasteiger partial charge in [-0.1, -0.05) is 36.4 Å². The minimum atomic E-state index is -1.99. The van der Waals surface area contributed by atoms with Crippen molar-refractivity contribution in [1.82, 2.24) is 9.55 Å². The molecule has 4 aromatic rings. The van der Waals surface area contributed by atoms with E-state index in [0.717, 1.165) is 11.1 Å². The molecule has 4 rings (SSSR count). The fraction of sp³-hybridized carbons (Fsp3) is 0.222. The van der Waals surface area contributed by atoms with Crippen LogP contribution in [0.5, 0.6) is 0 Å². The number of halogens is 1. The van der Waals surface area contributed by atoms with E-state index in [-0.39, 0.29) is 35.7 Å². The molecule has 0 saturated carbocycles. The number of carbonyl (C=O) groups excluding carboxylic acids is 1. The molecule has 1 amide bonds. The van der Waals surface area contributed by atoms with E-state index in [0.29, 0.717) is 28.6 Å². The molecule has 0 aliphatic rings. The van der Waals surface area contributed by atoms with Crippen LogP contribution in [0.1, 0.15) is 38.2 Å². The van der Waals surface area contributed by atoms with Gasteiger partial charge >= 0.3 is 0 Å². The van der Waals surface area contributed by atoms with Crippen molar-refractivity contribution >= 4 is 28.0 Å². The summed E-state index contributed by atoms with van der Waals surface area (Å²) in [4.78, 5) is 30.6. The van der Waals surface area contributed by atoms with Gasteiger partial charge in [0.2, 0.25) is 0 Å². The van der Waals surface area contributed by atoms with Crippen molar-refractivity contribution in [2.45, 2.75) is 31.4 Å². The van der Waals surface area contributed by atoms with E-state index >= 15 is 0 Å². The van der Waals surface area contributed by atoms with Crippen LogP contribution in [0.15, 0.2) is 65.6 Å². The van der Waals surface area contributed by atoms with Crippen molar-refractivity contribution in [3.8, 4) is 0 Å². The molecule has 2 aromatic carbocycles. The zero-order valence-corrected chi connectivity index (χ0v) is 21.3. The number of benzene rings is 2. The van der Waals surface area contributed by atoms with Gasteiger partial charge in [-0.05, 0) is 46.9 Å². The van der Waals surface area contributed by atoms with Gasteiger partial charge in [-0.3, -0.25) is 14.6 Å². The minimum absolute atomic E-state index is 0.0256. The van der Waals surface area contributed by atoms with Crippen molar-refractivity contribution in [2.24, 2.45) is 5.73 Å². The van der Waals surface area contributed by atoms with E-state index in [4.69, 9.17) is 15.0 Å². The molecule has 2 unspecified atom stereocenters. The van der Waals surface area contributed by atoms with Gasteiger partial charge in [0.05, 0.1) is 23.3 Å². The number of amides is 1. The lowest BCUT2D eigenvalue weighted by Gasteiger charge is -2.18. The fourth-order valence-corrected chi connectivity index (χ4v) is 4.77. The smallest absolute Gasteiger partial charge is 0.264 e. The predicted molar refractivity (Wildman–Crippen MR) is 140 cm³/mol. The highest BCUT2D eigenvalue weighted by Gasteiger charge is 2.24. The summed E-state index contributed by atoms with van der Waals surface area (Å²) >= 11 is -1.99. The van der Waals surface area contributed by atoms with Crippen LogP contribution < -0.4 is 11.3 Å². The normalized spacial score (nSPS) is 12.9. The minimum Gasteiger partial charge on any atom is -0.368 e. The molecule has 0 aliphatic heterocycles. The molecule has 198 valence electrons. The number of carbonyl (C=O) groups is 1. The van der Waals surface area contributed by atoms with Gasteiger partial charge in [-0.2, -0.15) is 0 Å². The van der Waals surface area contributed by atoms with E-state index in [1.807, 2.05) is 0 Å². The second-order valence-electron chi connectivity index (χ2n) is 8.80. The maximum Gasteiger partial charge on any atom is 0.264 e. The van der Waals surface area contributed by atoms with Crippen LogP contribution in [0.25, 0.3) is 11.0 Å². The highest BCUT2D eigenvalue weighted by molar-refractivity contribution is 7.78. The Morgan fingerprint density at radius 1 is 1.11 bits per heavy atom. The van der Waals surface area contributed by atoms with Gasteiger partial charge in [0.15, 0.2) is 17.4 Å². The lowest BCUT2D eigenvalue weighted by Crippen LogP contribution is -2.33. The lowest BCUT2D eigenvalue weighted by atomic mass is 10.00. The van der Waals surface area contributed by atoms with Gasteiger partial charge in [0.25, 0.3) is 11.5 Å². The molecule has 2 heterocycles. The Morgan fingerprint density at radius 2 is 1.74 bits per heavy atom. The SMILES string of the molecule is COC(O)Cc1c(C(N)=O)c(=O)n(Cc2ccc(CS(=O)O)cc2)c2cc(Cc3ccc(F)cc3)cnc12. The third-order valence-corrected chi connectivity index (χ3v) is 6.71. The standard InChI is InChI=1S/C27H26FN3O6S/c1-37-23(32)12-21-24(26(29)33)27(34)31(14-17-2-4-18(5-3-17)15-38(35)36)22-11-19(13-30-25(21)22)10-16-6-8-20(28)9-7-16/h2-9,11,13,23,32H,10,12,14-15H2,1H3,(H2,29,33)(H,35,36). The number of nitrogens with zero attached hydrogens (tertiary/aromatic N) is 2. The third kappa shape index (κ3) is 6.20. The molecule has 2 atom stereocenters. The molecular weight excluding hydrogens is 513 g/mol. The average molecular weight is 540 g/mol. The zero-order chi connectivity index (χ0) is 27.4. The monoisotopic (exact) mass is 539 g/mol. The van der Waals surface area contributed by atoms with E-state index < -0.39 is 28.8 Å². The van der Waals surface area contributed by atoms with Crippen LogP contribution in [0, 0.1) is 5.82 Å². The highest BCUT2D eigenvalue weighted by Crippen LogP contribution is 2.23. The summed E-state index contributed by atoms with van der Waals surface area (Å²) in [5.74, 6) is -1.33. The summed E-state index contributed by atoms with van der Waals surface area (Å²) in [6.07, 6.45) is 0.533. The molecule has 0 radical (unpaired) electrons. The van der Waals surface area contributed by atoms with E-state index in [2.05, 4.69) is 4.98 Å². The molecule has 4 N–H and O–H groups in total. The number of pyridine rings is 2. The topological polar surface area (TPSA) is 145 Å². The number of aromatic nitrogens is 2. The van der Waals surface area contributed by atoms with Crippen molar-refractivity contribution in [1.29, 1.82) is 0 Å². The molecule has 0 bridgehead atoms. The van der Waals surface area contributed by atoms with Crippen LogP contribution in [0.4, 0.5) is 4.39 Å². The number of aliphatic hydroxyl groups is 1. The van der Waals surface area contributed by atoms with Gasteiger partial charge in [-0.25, -0.2) is 8.60 Å². The van der Waals surface area contributed by atoms with E-state index in [9.17, 15) is 23.3 Å². The number of rotatable bonds is 10. The lowest BCUT2D eigenvalue weighted by molar-refractivity contribution is -0.0719. The Balaban J connectivity index is 1.88. The van der Waals surface area contributed by atoms with Crippen molar-refractivity contribution in [2.75, 3.05) is 7.11 Å². The summed E-state index contributed by atoms with van der Waals surface area (Å²) in [5, 5.41) is 10.2.